The van der Waals surface area contributed by atoms with Crippen LogP contribution < -0.4 is 5.32 Å². The van der Waals surface area contributed by atoms with Gasteiger partial charge in [0.2, 0.25) is 0 Å². The highest BCUT2D eigenvalue weighted by Crippen LogP contribution is 2.15. The molecule has 0 spiro atoms. The lowest BCUT2D eigenvalue weighted by atomic mass is 10.0. The molecule has 0 saturated carbocycles. The van der Waals surface area contributed by atoms with Crippen LogP contribution in [0.25, 0.3) is 0 Å². The average molecular weight is 253 g/mol. The third kappa shape index (κ3) is 5.61. The number of halogens is 1. The predicted molar refractivity (Wildman–Crippen MR) is 73.3 cm³/mol. The highest BCUT2D eigenvalue weighted by Gasteiger charge is 2.14. The fraction of sp³-hybridized carbons (Fsp3) is 0.600. The normalized spacial score (nSPS) is 14.4. The van der Waals surface area contributed by atoms with Crippen LogP contribution in [0, 0.1) is 0 Å². The Labute approximate surface area is 109 Å². The van der Waals surface area contributed by atoms with E-state index in [0.29, 0.717) is 6.42 Å². The second-order valence-electron chi connectivity index (χ2n) is 4.70. The second kappa shape index (κ2) is 9.06. The van der Waals surface area contributed by atoms with E-state index in [4.69, 9.17) is 0 Å². The molecule has 1 rings (SSSR count). The summed E-state index contributed by atoms with van der Waals surface area (Å²) in [7, 11) is 0. The average Bonchev–Trinajstić information content (AvgIpc) is 2.42. The molecule has 0 fully saturated rings. The van der Waals surface area contributed by atoms with Crippen molar-refractivity contribution < 1.29 is 9.50 Å². The van der Waals surface area contributed by atoms with Gasteiger partial charge in [-0.2, -0.15) is 0 Å². The molecule has 2 nitrogen and oxygen atoms in total. The Hall–Kier alpha value is -0.930. The number of alkyl halides is 1. The minimum absolute atomic E-state index is 0.0357. The molecule has 0 heterocycles. The molecule has 1 aromatic rings. The van der Waals surface area contributed by atoms with Crippen molar-refractivity contribution in [2.24, 2.45) is 0 Å². The van der Waals surface area contributed by atoms with Gasteiger partial charge in [0, 0.05) is 6.04 Å². The van der Waals surface area contributed by atoms with Gasteiger partial charge in [0.05, 0.1) is 12.8 Å². The van der Waals surface area contributed by atoms with Gasteiger partial charge in [0.25, 0.3) is 0 Å². The summed E-state index contributed by atoms with van der Waals surface area (Å²) in [6, 6.07) is 9.71. The number of unbranched alkanes of at least 4 members (excludes halogenated alkanes) is 3. The molecule has 2 unspecified atom stereocenters. The first-order chi connectivity index (χ1) is 8.75. The van der Waals surface area contributed by atoms with Gasteiger partial charge < -0.3 is 10.4 Å². The first kappa shape index (κ1) is 15.1. The zero-order valence-corrected chi connectivity index (χ0v) is 11.1. The molecule has 0 saturated heterocycles. The Morgan fingerprint density at radius 1 is 1.11 bits per heavy atom. The number of aliphatic hydroxyl groups is 1. The largest absolute Gasteiger partial charge is 0.387 e. The summed E-state index contributed by atoms with van der Waals surface area (Å²) in [5.74, 6) is 0. The van der Waals surface area contributed by atoms with E-state index in [1.54, 1.807) is 0 Å². The summed E-state index contributed by atoms with van der Waals surface area (Å²) in [6.07, 6.45) is 3.23. The number of hydrogen-bond acceptors (Lipinski definition) is 2. The standard InChI is InChI=1S/C15H24FNO/c1-13(17-12-8-3-2-7-11-16)15(18)14-9-5-4-6-10-14/h4-6,9-10,13,15,17-18H,2-3,7-8,11-12H2,1H3. The van der Waals surface area contributed by atoms with Crippen LogP contribution in [0.4, 0.5) is 4.39 Å². The summed E-state index contributed by atoms with van der Waals surface area (Å²) < 4.78 is 11.9. The van der Waals surface area contributed by atoms with E-state index >= 15 is 0 Å². The van der Waals surface area contributed by atoms with Crippen LogP contribution >= 0.6 is 0 Å². The molecule has 18 heavy (non-hydrogen) atoms. The molecule has 2 N–H and O–H groups in total. The van der Waals surface area contributed by atoms with Crippen LogP contribution in [0.1, 0.15) is 44.3 Å². The van der Waals surface area contributed by atoms with Crippen LogP contribution in [0.3, 0.4) is 0 Å². The van der Waals surface area contributed by atoms with Crippen molar-refractivity contribution in [1.82, 2.24) is 5.32 Å². The molecule has 0 bridgehead atoms. The lowest BCUT2D eigenvalue weighted by Crippen LogP contribution is -2.32. The number of nitrogens with one attached hydrogen (secondary N) is 1. The van der Waals surface area contributed by atoms with Crippen LogP contribution in [0.5, 0.6) is 0 Å². The van der Waals surface area contributed by atoms with Gasteiger partial charge in [-0.05, 0) is 31.9 Å². The van der Waals surface area contributed by atoms with Crippen LogP contribution in [0.2, 0.25) is 0 Å². The van der Waals surface area contributed by atoms with Gasteiger partial charge in [-0.1, -0.05) is 43.2 Å². The molecule has 0 aliphatic carbocycles. The molecular weight excluding hydrogens is 229 g/mol. The summed E-state index contributed by atoms with van der Waals surface area (Å²) in [4.78, 5) is 0. The van der Waals surface area contributed by atoms with E-state index in [2.05, 4.69) is 5.32 Å². The molecule has 1 aromatic carbocycles. The summed E-state index contributed by atoms with van der Waals surface area (Å²) >= 11 is 0. The van der Waals surface area contributed by atoms with Gasteiger partial charge in [-0.25, -0.2) is 0 Å². The fourth-order valence-corrected chi connectivity index (χ4v) is 1.95. The van der Waals surface area contributed by atoms with Crippen LogP contribution in [-0.2, 0) is 0 Å². The van der Waals surface area contributed by atoms with Crippen molar-refractivity contribution in [2.45, 2.75) is 44.8 Å². The first-order valence-corrected chi connectivity index (χ1v) is 6.78. The van der Waals surface area contributed by atoms with Crippen LogP contribution in [-0.4, -0.2) is 24.4 Å². The van der Waals surface area contributed by atoms with Gasteiger partial charge in [-0.15, -0.1) is 0 Å². The molecule has 0 radical (unpaired) electrons. The van der Waals surface area contributed by atoms with Crippen molar-refractivity contribution in [3.8, 4) is 0 Å². The summed E-state index contributed by atoms with van der Waals surface area (Å²) in [5.41, 5.74) is 0.940. The monoisotopic (exact) mass is 253 g/mol. The van der Waals surface area contributed by atoms with E-state index in [-0.39, 0.29) is 12.7 Å². The van der Waals surface area contributed by atoms with Crippen molar-refractivity contribution >= 4 is 0 Å². The smallest absolute Gasteiger partial charge is 0.0940 e. The number of benzene rings is 1. The molecular formula is C15H24FNO. The van der Waals surface area contributed by atoms with E-state index < -0.39 is 6.10 Å². The maximum Gasteiger partial charge on any atom is 0.0940 e. The Kier molecular flexibility index (Phi) is 7.62. The Morgan fingerprint density at radius 2 is 1.78 bits per heavy atom. The highest BCUT2D eigenvalue weighted by atomic mass is 19.1. The minimum atomic E-state index is -0.475. The van der Waals surface area contributed by atoms with Crippen molar-refractivity contribution in [3.05, 3.63) is 35.9 Å². The topological polar surface area (TPSA) is 32.3 Å². The Bertz CT molecular complexity index is 305. The Balaban J connectivity index is 2.18. The number of rotatable bonds is 9. The maximum absolute atomic E-state index is 11.9. The quantitative estimate of drug-likeness (QED) is 0.662. The second-order valence-corrected chi connectivity index (χ2v) is 4.70. The molecule has 0 aliphatic rings. The van der Waals surface area contributed by atoms with E-state index in [0.717, 1.165) is 31.4 Å². The zero-order chi connectivity index (χ0) is 13.2. The molecule has 0 aliphatic heterocycles. The highest BCUT2D eigenvalue weighted by molar-refractivity contribution is 5.18. The maximum atomic E-state index is 11.9. The van der Waals surface area contributed by atoms with Gasteiger partial charge in [0.1, 0.15) is 0 Å². The van der Waals surface area contributed by atoms with E-state index in [1.165, 1.54) is 0 Å². The Morgan fingerprint density at radius 3 is 2.44 bits per heavy atom. The molecule has 3 heteroatoms. The number of hydrogen-bond donors (Lipinski definition) is 2. The van der Waals surface area contributed by atoms with E-state index in [9.17, 15) is 9.50 Å². The van der Waals surface area contributed by atoms with Gasteiger partial charge in [-0.3, -0.25) is 4.39 Å². The summed E-state index contributed by atoms with van der Waals surface area (Å²) in [5, 5.41) is 13.4. The number of aliphatic hydroxyl groups excluding tert-OH is 1. The zero-order valence-electron chi connectivity index (χ0n) is 11.1. The van der Waals surface area contributed by atoms with Gasteiger partial charge in [0.15, 0.2) is 0 Å². The molecule has 102 valence electrons. The summed E-state index contributed by atoms with van der Waals surface area (Å²) in [6.45, 7) is 2.65. The van der Waals surface area contributed by atoms with Crippen molar-refractivity contribution in [3.63, 3.8) is 0 Å². The molecule has 0 aromatic heterocycles. The lowest BCUT2D eigenvalue weighted by Gasteiger charge is -2.20. The molecule has 0 amide bonds. The molecule has 2 atom stereocenters. The van der Waals surface area contributed by atoms with Crippen molar-refractivity contribution in [1.29, 1.82) is 0 Å². The van der Waals surface area contributed by atoms with Gasteiger partial charge >= 0.3 is 0 Å². The van der Waals surface area contributed by atoms with Crippen molar-refractivity contribution in [2.75, 3.05) is 13.2 Å². The SMILES string of the molecule is CC(NCCCCCCF)C(O)c1ccccc1. The van der Waals surface area contributed by atoms with Crippen LogP contribution in [0.15, 0.2) is 30.3 Å². The minimum Gasteiger partial charge on any atom is -0.387 e. The third-order valence-electron chi connectivity index (χ3n) is 3.14. The third-order valence-corrected chi connectivity index (χ3v) is 3.14. The first-order valence-electron chi connectivity index (χ1n) is 6.78. The fourth-order valence-electron chi connectivity index (χ4n) is 1.95. The predicted octanol–water partition coefficient (Wildman–Crippen LogP) is 3.23. The lowest BCUT2D eigenvalue weighted by molar-refractivity contribution is 0.136. The van der Waals surface area contributed by atoms with E-state index in [1.807, 2.05) is 37.3 Å².